The van der Waals surface area contributed by atoms with E-state index in [9.17, 15) is 9.90 Å². The lowest BCUT2D eigenvalue weighted by Crippen LogP contribution is -2.31. The minimum absolute atomic E-state index is 0.0620. The number of carbonyl (C=O) groups excluding carboxylic acids is 1. The van der Waals surface area contributed by atoms with E-state index in [1.165, 1.54) is 0 Å². The second kappa shape index (κ2) is 5.87. The molecule has 3 nitrogen and oxygen atoms in total. The van der Waals surface area contributed by atoms with E-state index in [0.717, 1.165) is 5.56 Å². The Hall–Kier alpha value is -1.06. The van der Waals surface area contributed by atoms with Crippen molar-refractivity contribution in [1.82, 2.24) is 5.32 Å². The van der Waals surface area contributed by atoms with Crippen LogP contribution in [0.25, 0.3) is 0 Å². The van der Waals surface area contributed by atoms with Crippen LogP contribution in [-0.4, -0.2) is 17.6 Å². The molecule has 1 unspecified atom stereocenters. The molecule has 0 spiro atoms. The zero-order chi connectivity index (χ0) is 12.1. The van der Waals surface area contributed by atoms with Crippen LogP contribution in [0.1, 0.15) is 25.5 Å². The molecule has 0 aliphatic rings. The van der Waals surface area contributed by atoms with Gasteiger partial charge in [0.15, 0.2) is 0 Å². The van der Waals surface area contributed by atoms with Gasteiger partial charge in [0.25, 0.3) is 0 Å². The third-order valence-corrected chi connectivity index (χ3v) is 2.50. The topological polar surface area (TPSA) is 49.3 Å². The van der Waals surface area contributed by atoms with Crippen LogP contribution in [0.15, 0.2) is 24.3 Å². The van der Waals surface area contributed by atoms with Gasteiger partial charge in [0.1, 0.15) is 0 Å². The first-order chi connectivity index (χ1) is 7.50. The molecule has 1 rings (SSSR count). The van der Waals surface area contributed by atoms with E-state index in [4.69, 9.17) is 11.6 Å². The second-order valence-electron chi connectivity index (χ2n) is 3.97. The summed E-state index contributed by atoms with van der Waals surface area (Å²) in [4.78, 5) is 11.3. The highest BCUT2D eigenvalue weighted by Gasteiger charge is 2.11. The quantitative estimate of drug-likeness (QED) is 0.849. The van der Waals surface area contributed by atoms with Crippen molar-refractivity contribution in [3.63, 3.8) is 0 Å². The molecule has 0 radical (unpaired) electrons. The minimum Gasteiger partial charge on any atom is -0.387 e. The van der Waals surface area contributed by atoms with Crippen molar-refractivity contribution in [2.45, 2.75) is 20.0 Å². The standard InChI is InChI=1S/C12H16ClNO2/c1-8(2)12(16)14-7-11(15)9-3-5-10(13)6-4-9/h3-6,8,11,15H,7H2,1-2H3,(H,14,16). The van der Waals surface area contributed by atoms with Crippen molar-refractivity contribution in [2.75, 3.05) is 6.54 Å². The van der Waals surface area contributed by atoms with Crippen LogP contribution in [0, 0.1) is 5.92 Å². The average molecular weight is 242 g/mol. The maximum atomic E-state index is 11.3. The van der Waals surface area contributed by atoms with Gasteiger partial charge in [0.05, 0.1) is 6.10 Å². The number of aliphatic hydroxyl groups excluding tert-OH is 1. The highest BCUT2D eigenvalue weighted by molar-refractivity contribution is 6.30. The Morgan fingerprint density at radius 1 is 1.38 bits per heavy atom. The molecule has 1 atom stereocenters. The molecular weight excluding hydrogens is 226 g/mol. The predicted octanol–water partition coefficient (Wildman–Crippen LogP) is 2.15. The number of amides is 1. The molecule has 0 fully saturated rings. The van der Waals surface area contributed by atoms with E-state index in [-0.39, 0.29) is 18.4 Å². The van der Waals surface area contributed by atoms with Crippen LogP contribution in [0.4, 0.5) is 0 Å². The van der Waals surface area contributed by atoms with Gasteiger partial charge in [-0.2, -0.15) is 0 Å². The number of hydrogen-bond acceptors (Lipinski definition) is 2. The monoisotopic (exact) mass is 241 g/mol. The summed E-state index contributed by atoms with van der Waals surface area (Å²) in [5.41, 5.74) is 0.744. The van der Waals surface area contributed by atoms with E-state index in [2.05, 4.69) is 5.32 Å². The maximum Gasteiger partial charge on any atom is 0.222 e. The number of hydrogen-bond donors (Lipinski definition) is 2. The number of aliphatic hydroxyl groups is 1. The van der Waals surface area contributed by atoms with Crippen molar-refractivity contribution in [3.8, 4) is 0 Å². The lowest BCUT2D eigenvalue weighted by Gasteiger charge is -2.13. The van der Waals surface area contributed by atoms with Gasteiger partial charge in [0, 0.05) is 17.5 Å². The highest BCUT2D eigenvalue weighted by atomic mass is 35.5. The molecule has 0 heterocycles. The molecule has 0 aromatic heterocycles. The van der Waals surface area contributed by atoms with Gasteiger partial charge in [-0.15, -0.1) is 0 Å². The van der Waals surface area contributed by atoms with Gasteiger partial charge in [-0.1, -0.05) is 37.6 Å². The summed E-state index contributed by atoms with van der Waals surface area (Å²) in [6.07, 6.45) is -0.694. The van der Waals surface area contributed by atoms with Crippen molar-refractivity contribution in [1.29, 1.82) is 0 Å². The molecule has 16 heavy (non-hydrogen) atoms. The first-order valence-electron chi connectivity index (χ1n) is 5.22. The highest BCUT2D eigenvalue weighted by Crippen LogP contribution is 2.15. The molecule has 1 aromatic carbocycles. The zero-order valence-corrected chi connectivity index (χ0v) is 10.2. The fraction of sp³-hybridized carbons (Fsp3) is 0.417. The van der Waals surface area contributed by atoms with Gasteiger partial charge >= 0.3 is 0 Å². The summed E-state index contributed by atoms with van der Waals surface area (Å²) in [5, 5.41) is 13.1. The van der Waals surface area contributed by atoms with Gasteiger partial charge in [-0.25, -0.2) is 0 Å². The van der Waals surface area contributed by atoms with Crippen LogP contribution in [0.3, 0.4) is 0 Å². The Balaban J connectivity index is 2.49. The molecule has 0 saturated heterocycles. The van der Waals surface area contributed by atoms with Gasteiger partial charge in [-0.3, -0.25) is 4.79 Å². The van der Waals surface area contributed by atoms with Gasteiger partial charge in [0.2, 0.25) is 5.91 Å². The van der Waals surface area contributed by atoms with Crippen LogP contribution < -0.4 is 5.32 Å². The minimum atomic E-state index is -0.694. The van der Waals surface area contributed by atoms with E-state index in [1.807, 2.05) is 13.8 Å². The van der Waals surface area contributed by atoms with Crippen molar-refractivity contribution < 1.29 is 9.90 Å². The number of benzene rings is 1. The van der Waals surface area contributed by atoms with E-state index in [1.54, 1.807) is 24.3 Å². The molecule has 4 heteroatoms. The predicted molar refractivity (Wildman–Crippen MR) is 64.3 cm³/mol. The molecule has 1 aromatic rings. The van der Waals surface area contributed by atoms with E-state index in [0.29, 0.717) is 5.02 Å². The number of halogens is 1. The number of nitrogens with one attached hydrogen (secondary N) is 1. The summed E-state index contributed by atoms with van der Waals surface area (Å²) >= 11 is 5.73. The molecule has 1 amide bonds. The largest absolute Gasteiger partial charge is 0.387 e. The van der Waals surface area contributed by atoms with Gasteiger partial charge in [-0.05, 0) is 17.7 Å². The van der Waals surface area contributed by atoms with E-state index < -0.39 is 6.10 Å². The van der Waals surface area contributed by atoms with Crippen LogP contribution in [0.2, 0.25) is 5.02 Å². The molecule has 0 bridgehead atoms. The molecule has 0 aliphatic heterocycles. The third kappa shape index (κ3) is 3.83. The van der Waals surface area contributed by atoms with Crippen molar-refractivity contribution in [2.24, 2.45) is 5.92 Å². The summed E-state index contributed by atoms with van der Waals surface area (Å²) in [6.45, 7) is 3.84. The number of rotatable bonds is 4. The molecule has 0 saturated carbocycles. The smallest absolute Gasteiger partial charge is 0.222 e. The van der Waals surface area contributed by atoms with Crippen LogP contribution >= 0.6 is 11.6 Å². The molecule has 88 valence electrons. The summed E-state index contributed by atoms with van der Waals surface area (Å²) in [6, 6.07) is 6.91. The Morgan fingerprint density at radius 3 is 2.44 bits per heavy atom. The Morgan fingerprint density at radius 2 is 1.94 bits per heavy atom. The van der Waals surface area contributed by atoms with Crippen molar-refractivity contribution >= 4 is 17.5 Å². The maximum absolute atomic E-state index is 11.3. The fourth-order valence-corrected chi connectivity index (χ4v) is 1.33. The summed E-state index contributed by atoms with van der Waals surface area (Å²) < 4.78 is 0. The first-order valence-corrected chi connectivity index (χ1v) is 5.59. The first kappa shape index (κ1) is 13.0. The second-order valence-corrected chi connectivity index (χ2v) is 4.40. The molecular formula is C12H16ClNO2. The van der Waals surface area contributed by atoms with Crippen molar-refractivity contribution in [3.05, 3.63) is 34.9 Å². The molecule has 0 aliphatic carbocycles. The Bertz CT molecular complexity index is 349. The third-order valence-electron chi connectivity index (χ3n) is 2.25. The Labute approximate surface area is 100 Å². The number of carbonyl (C=O) groups is 1. The SMILES string of the molecule is CC(C)C(=O)NCC(O)c1ccc(Cl)cc1. The summed E-state index contributed by atoms with van der Waals surface area (Å²) in [7, 11) is 0. The molecule has 2 N–H and O–H groups in total. The van der Waals surface area contributed by atoms with Gasteiger partial charge < -0.3 is 10.4 Å². The van der Waals surface area contributed by atoms with Crippen LogP contribution in [0.5, 0.6) is 0 Å². The Kier molecular flexibility index (Phi) is 4.77. The lowest BCUT2D eigenvalue weighted by atomic mass is 10.1. The fourth-order valence-electron chi connectivity index (χ4n) is 1.20. The van der Waals surface area contributed by atoms with E-state index >= 15 is 0 Å². The average Bonchev–Trinajstić information content (AvgIpc) is 2.26. The lowest BCUT2D eigenvalue weighted by molar-refractivity contribution is -0.124. The normalized spacial score (nSPS) is 12.6. The summed E-state index contributed by atoms with van der Waals surface area (Å²) in [5.74, 6) is -0.134. The van der Waals surface area contributed by atoms with Crippen LogP contribution in [-0.2, 0) is 4.79 Å². The zero-order valence-electron chi connectivity index (χ0n) is 9.40.